The molecule has 1 rings (SSSR count). The third-order valence-corrected chi connectivity index (χ3v) is 9.17. The molecule has 178 valence electrons. The molecular formula is C24H45O3PS2Zn. The maximum absolute atomic E-state index is 10.1. The van der Waals surface area contributed by atoms with Gasteiger partial charge in [0.1, 0.15) is 5.75 Å². The van der Waals surface area contributed by atoms with Gasteiger partial charge in [0, 0.05) is 25.2 Å². The van der Waals surface area contributed by atoms with Crippen LogP contribution in [0.15, 0.2) is 30.3 Å². The third-order valence-electron chi connectivity index (χ3n) is 4.76. The first-order chi connectivity index (χ1) is 14.5. The molecule has 0 bridgehead atoms. The van der Waals surface area contributed by atoms with E-state index < -0.39 is 5.69 Å². The average Bonchev–Trinajstić information content (AvgIpc) is 2.73. The second kappa shape index (κ2) is 25.2. The van der Waals surface area contributed by atoms with Crippen molar-refractivity contribution in [1.82, 2.24) is 0 Å². The quantitative estimate of drug-likeness (QED) is 0.110. The number of phenolic OH excluding ortho intramolecular Hbond substituents is 1. The van der Waals surface area contributed by atoms with Gasteiger partial charge < -0.3 is 14.5 Å². The van der Waals surface area contributed by atoms with E-state index in [1.54, 1.807) is 24.3 Å². The van der Waals surface area contributed by atoms with Crippen molar-refractivity contribution in [3.8, 4) is 5.75 Å². The molecule has 0 spiro atoms. The van der Waals surface area contributed by atoms with Gasteiger partial charge in [-0.05, 0) is 36.8 Å². The van der Waals surface area contributed by atoms with Gasteiger partial charge in [-0.2, -0.15) is 0 Å². The average molecular weight is 542 g/mol. The first kappa shape index (κ1) is 33.7. The van der Waals surface area contributed by atoms with E-state index in [9.17, 15) is 4.89 Å². The Labute approximate surface area is 214 Å². The molecule has 31 heavy (non-hydrogen) atoms. The maximum atomic E-state index is 10.1. The molecule has 0 aliphatic carbocycles. The summed E-state index contributed by atoms with van der Waals surface area (Å²) in [7, 11) is 0. The Bertz CT molecular complexity index is 497. The fourth-order valence-corrected chi connectivity index (χ4v) is 6.36. The molecule has 0 amide bonds. The van der Waals surface area contributed by atoms with Gasteiger partial charge in [-0.1, -0.05) is 120 Å². The predicted octanol–water partition coefficient (Wildman–Crippen LogP) is 8.84. The van der Waals surface area contributed by atoms with E-state index in [0.717, 1.165) is 18.6 Å². The predicted molar refractivity (Wildman–Crippen MR) is 139 cm³/mol. The van der Waals surface area contributed by atoms with Gasteiger partial charge in [-0.15, -0.1) is 0 Å². The van der Waals surface area contributed by atoms with Crippen LogP contribution < -0.4 is 0 Å². The normalized spacial score (nSPS) is 12.4. The fraction of sp³-hybridized carbons (Fsp3) is 0.750. The van der Waals surface area contributed by atoms with Gasteiger partial charge in [0.2, 0.25) is 5.69 Å². The first-order valence-corrected chi connectivity index (χ1v) is 16.1. The monoisotopic (exact) mass is 540 g/mol. The van der Waals surface area contributed by atoms with Crippen molar-refractivity contribution in [2.24, 2.45) is 0 Å². The van der Waals surface area contributed by atoms with Crippen molar-refractivity contribution in [1.29, 1.82) is 0 Å². The Morgan fingerprint density at radius 1 is 0.774 bits per heavy atom. The minimum atomic E-state index is -2.57. The summed E-state index contributed by atoms with van der Waals surface area (Å²) in [6.07, 6.45) is 17.9. The van der Waals surface area contributed by atoms with Crippen LogP contribution in [0.5, 0.6) is 5.75 Å². The van der Waals surface area contributed by atoms with Crippen LogP contribution in [-0.2, 0) is 35.8 Å². The summed E-state index contributed by atoms with van der Waals surface area (Å²) in [5.74, 6) is 1.26. The Kier molecular flexibility index (Phi) is 27.4. The molecule has 1 aromatic carbocycles. The van der Waals surface area contributed by atoms with Crippen LogP contribution in [-0.4, -0.2) is 22.4 Å². The van der Waals surface area contributed by atoms with E-state index in [2.05, 4.69) is 13.8 Å². The van der Waals surface area contributed by atoms with Crippen molar-refractivity contribution >= 4 is 28.9 Å². The second-order valence-electron chi connectivity index (χ2n) is 7.71. The summed E-state index contributed by atoms with van der Waals surface area (Å²) in [6, 6.07) is 8.71. The van der Waals surface area contributed by atoms with E-state index >= 15 is 0 Å². The number of rotatable bonds is 18. The Morgan fingerprint density at radius 3 is 1.68 bits per heavy atom. The van der Waals surface area contributed by atoms with Gasteiger partial charge in [0.25, 0.3) is 0 Å². The number of benzene rings is 1. The van der Waals surface area contributed by atoms with Crippen molar-refractivity contribution in [2.45, 2.75) is 104 Å². The van der Waals surface area contributed by atoms with E-state index in [-0.39, 0.29) is 19.5 Å². The molecule has 1 aromatic rings. The molecule has 1 unspecified atom stereocenters. The zero-order valence-corrected chi connectivity index (χ0v) is 25.5. The third kappa shape index (κ3) is 26.7. The SMILES string of the molecule is CCCCCCCCCOP(O)(=S)SCCCCCCCCC.Oc1ccccc1.[Zn]. The van der Waals surface area contributed by atoms with Crippen LogP contribution in [0.4, 0.5) is 0 Å². The number of aromatic hydroxyl groups is 1. The number of para-hydroxylation sites is 1. The summed E-state index contributed by atoms with van der Waals surface area (Å²) in [5, 5.41) is 8.63. The largest absolute Gasteiger partial charge is 0.508 e. The molecule has 0 saturated heterocycles. The summed E-state index contributed by atoms with van der Waals surface area (Å²) < 4.78 is 5.56. The number of hydrogen-bond acceptors (Lipinski definition) is 4. The minimum absolute atomic E-state index is 0. The minimum Gasteiger partial charge on any atom is -0.508 e. The first-order valence-electron chi connectivity index (χ1n) is 11.9. The van der Waals surface area contributed by atoms with Gasteiger partial charge >= 0.3 is 0 Å². The molecule has 7 heteroatoms. The number of phenols is 1. The Balaban J connectivity index is 0. The zero-order chi connectivity index (χ0) is 22.3. The van der Waals surface area contributed by atoms with E-state index in [1.807, 2.05) is 6.07 Å². The van der Waals surface area contributed by atoms with E-state index in [0.29, 0.717) is 12.4 Å². The van der Waals surface area contributed by atoms with E-state index in [1.165, 1.54) is 88.4 Å². The van der Waals surface area contributed by atoms with Gasteiger partial charge in [0.05, 0.1) is 6.61 Å². The molecule has 0 aromatic heterocycles. The number of unbranched alkanes of at least 4 members (excludes halogenated alkanes) is 12. The van der Waals surface area contributed by atoms with Crippen LogP contribution in [0.1, 0.15) is 104 Å². The molecule has 0 radical (unpaired) electrons. The molecule has 0 fully saturated rings. The summed E-state index contributed by atoms with van der Waals surface area (Å²) in [4.78, 5) is 10.1. The standard InChI is InChI=1S/C18H39O2PS2.C6H6O.Zn/c1-3-5-7-9-11-13-15-17-20-21(19,22)23-18-16-14-12-10-8-6-4-2;7-6-4-2-1-3-5-6;/h3-18H2,1-2H3,(H,19,22);1-5,7H;. The number of hydrogen-bond donors (Lipinski definition) is 2. The van der Waals surface area contributed by atoms with Crippen molar-refractivity contribution < 1.29 is 34.0 Å². The molecular weight excluding hydrogens is 497 g/mol. The van der Waals surface area contributed by atoms with Crippen LogP contribution in [0.3, 0.4) is 0 Å². The molecule has 0 aliphatic rings. The topological polar surface area (TPSA) is 49.7 Å². The van der Waals surface area contributed by atoms with Crippen LogP contribution in [0.25, 0.3) is 0 Å². The van der Waals surface area contributed by atoms with Gasteiger partial charge in [0.15, 0.2) is 0 Å². The van der Waals surface area contributed by atoms with Crippen LogP contribution in [0.2, 0.25) is 0 Å². The fourth-order valence-electron chi connectivity index (χ4n) is 2.94. The van der Waals surface area contributed by atoms with E-state index in [4.69, 9.17) is 21.4 Å². The van der Waals surface area contributed by atoms with Crippen LogP contribution >= 0.6 is 17.1 Å². The van der Waals surface area contributed by atoms with Crippen molar-refractivity contribution in [3.05, 3.63) is 30.3 Å². The molecule has 3 nitrogen and oxygen atoms in total. The summed E-state index contributed by atoms with van der Waals surface area (Å²) in [6.45, 7) is 5.12. The second-order valence-corrected chi connectivity index (χ2v) is 14.0. The molecule has 2 N–H and O–H groups in total. The van der Waals surface area contributed by atoms with Gasteiger partial charge in [-0.3, -0.25) is 0 Å². The summed E-state index contributed by atoms with van der Waals surface area (Å²) >= 11 is 6.70. The molecule has 0 aliphatic heterocycles. The zero-order valence-electron chi connectivity index (χ0n) is 20.0. The Hall–Kier alpha value is 0.563. The smallest absolute Gasteiger partial charge is 0.244 e. The molecule has 0 heterocycles. The van der Waals surface area contributed by atoms with Gasteiger partial charge in [-0.25, -0.2) is 0 Å². The van der Waals surface area contributed by atoms with Crippen molar-refractivity contribution in [2.75, 3.05) is 12.4 Å². The maximum Gasteiger partial charge on any atom is 0.244 e. The molecule has 0 saturated carbocycles. The summed E-state index contributed by atoms with van der Waals surface area (Å²) in [5.41, 5.74) is -2.57. The van der Waals surface area contributed by atoms with Crippen LogP contribution in [0, 0.1) is 0 Å². The Morgan fingerprint density at radius 2 is 1.23 bits per heavy atom. The molecule has 1 atom stereocenters. The van der Waals surface area contributed by atoms with Crippen molar-refractivity contribution in [3.63, 3.8) is 0 Å².